The molecule has 2 unspecified atom stereocenters. The van der Waals surface area contributed by atoms with Gasteiger partial charge in [-0.2, -0.15) is 0 Å². The first-order chi connectivity index (χ1) is 9.41. The van der Waals surface area contributed by atoms with Crippen molar-refractivity contribution in [3.63, 3.8) is 0 Å². The number of amides is 2. The van der Waals surface area contributed by atoms with E-state index in [1.807, 2.05) is 13.8 Å². The van der Waals surface area contributed by atoms with Crippen LogP contribution in [-0.2, 0) is 9.53 Å². The van der Waals surface area contributed by atoms with Crippen LogP contribution in [0.4, 0.5) is 4.79 Å². The molecular weight excluding hydrogens is 260 g/mol. The molecular formula is C14H24N2O4. The molecule has 6 heteroatoms. The second kappa shape index (κ2) is 5.99. The number of nitrogens with zero attached hydrogens (tertiary/aromatic N) is 1. The summed E-state index contributed by atoms with van der Waals surface area (Å²) in [5.41, 5.74) is -0.210. The fourth-order valence-corrected chi connectivity index (χ4v) is 2.98. The number of carbonyl (C=O) groups excluding carboxylic acids is 1. The second-order valence-corrected chi connectivity index (χ2v) is 6.21. The molecule has 0 aliphatic carbocycles. The number of nitrogens with one attached hydrogen (secondary N) is 1. The number of ether oxygens (including phenoxy) is 1. The summed E-state index contributed by atoms with van der Waals surface area (Å²) in [7, 11) is 0. The smallest absolute Gasteiger partial charge is 0.318 e. The first kappa shape index (κ1) is 15.1. The fraction of sp³-hybridized carbons (Fsp3) is 0.857. The third-order valence-electron chi connectivity index (χ3n) is 4.49. The van der Waals surface area contributed by atoms with E-state index in [4.69, 9.17) is 9.84 Å². The van der Waals surface area contributed by atoms with Crippen LogP contribution in [0.1, 0.15) is 39.5 Å². The standard InChI is InChI=1S/C14H24N2O4/c1-10-9-11(12(17)18)3-6-16(10)13(19)15-14(2)4-7-20-8-5-14/h10-11H,3-9H2,1-2H3,(H,15,19)(H,17,18). The van der Waals surface area contributed by atoms with Gasteiger partial charge in [0.2, 0.25) is 0 Å². The summed E-state index contributed by atoms with van der Waals surface area (Å²) in [5.74, 6) is -1.08. The lowest BCUT2D eigenvalue weighted by atomic mass is 9.91. The summed E-state index contributed by atoms with van der Waals surface area (Å²) >= 11 is 0. The number of likely N-dealkylation sites (tertiary alicyclic amines) is 1. The van der Waals surface area contributed by atoms with Crippen LogP contribution in [0.3, 0.4) is 0 Å². The van der Waals surface area contributed by atoms with Gasteiger partial charge in [0.15, 0.2) is 0 Å². The third kappa shape index (κ3) is 3.42. The Balaban J connectivity index is 1.91. The zero-order valence-corrected chi connectivity index (χ0v) is 12.2. The number of carboxylic acid groups (broad SMARTS) is 1. The van der Waals surface area contributed by atoms with Crippen LogP contribution in [0.25, 0.3) is 0 Å². The number of piperidine rings is 1. The number of urea groups is 1. The van der Waals surface area contributed by atoms with Crippen molar-refractivity contribution in [3.05, 3.63) is 0 Å². The Morgan fingerprint density at radius 2 is 2.00 bits per heavy atom. The maximum absolute atomic E-state index is 12.4. The van der Waals surface area contributed by atoms with Crippen molar-refractivity contribution < 1.29 is 19.4 Å². The molecule has 2 saturated heterocycles. The Bertz CT molecular complexity index is 379. The zero-order valence-electron chi connectivity index (χ0n) is 12.2. The van der Waals surface area contributed by atoms with Gasteiger partial charge in [-0.05, 0) is 39.5 Å². The Morgan fingerprint density at radius 3 is 2.55 bits per heavy atom. The van der Waals surface area contributed by atoms with Gasteiger partial charge in [-0.15, -0.1) is 0 Å². The normalized spacial score (nSPS) is 29.8. The maximum Gasteiger partial charge on any atom is 0.318 e. The minimum Gasteiger partial charge on any atom is -0.481 e. The van der Waals surface area contributed by atoms with Crippen LogP contribution in [0, 0.1) is 5.92 Å². The minimum absolute atomic E-state index is 0.0340. The molecule has 114 valence electrons. The lowest BCUT2D eigenvalue weighted by Gasteiger charge is -2.40. The summed E-state index contributed by atoms with van der Waals surface area (Å²) in [6.07, 6.45) is 2.70. The summed E-state index contributed by atoms with van der Waals surface area (Å²) in [4.78, 5) is 25.2. The van der Waals surface area contributed by atoms with Crippen LogP contribution in [0.15, 0.2) is 0 Å². The molecule has 2 rings (SSSR count). The zero-order chi connectivity index (χ0) is 14.8. The highest BCUT2D eigenvalue weighted by Gasteiger charge is 2.35. The van der Waals surface area contributed by atoms with Gasteiger partial charge < -0.3 is 20.1 Å². The van der Waals surface area contributed by atoms with E-state index in [0.717, 1.165) is 12.8 Å². The highest BCUT2D eigenvalue weighted by molar-refractivity contribution is 5.76. The topological polar surface area (TPSA) is 78.9 Å². The molecule has 0 aromatic carbocycles. The average molecular weight is 284 g/mol. The highest BCUT2D eigenvalue weighted by Crippen LogP contribution is 2.25. The lowest BCUT2D eigenvalue weighted by Crippen LogP contribution is -2.57. The highest BCUT2D eigenvalue weighted by atomic mass is 16.5. The van der Waals surface area contributed by atoms with Crippen molar-refractivity contribution in [1.82, 2.24) is 10.2 Å². The number of hydrogen-bond donors (Lipinski definition) is 2. The molecule has 0 spiro atoms. The van der Waals surface area contributed by atoms with Gasteiger partial charge in [0.1, 0.15) is 0 Å². The van der Waals surface area contributed by atoms with E-state index in [0.29, 0.717) is 32.6 Å². The molecule has 0 saturated carbocycles. The molecule has 2 aliphatic heterocycles. The Morgan fingerprint density at radius 1 is 1.35 bits per heavy atom. The number of hydrogen-bond acceptors (Lipinski definition) is 3. The van der Waals surface area contributed by atoms with Gasteiger partial charge in [-0.1, -0.05) is 0 Å². The molecule has 0 aromatic rings. The van der Waals surface area contributed by atoms with Crippen LogP contribution in [-0.4, -0.2) is 53.3 Å². The molecule has 2 amide bonds. The number of carbonyl (C=O) groups is 2. The molecule has 0 bridgehead atoms. The van der Waals surface area contributed by atoms with Crippen LogP contribution in [0.2, 0.25) is 0 Å². The molecule has 2 atom stereocenters. The molecule has 6 nitrogen and oxygen atoms in total. The van der Waals surface area contributed by atoms with Crippen molar-refractivity contribution in [2.75, 3.05) is 19.8 Å². The van der Waals surface area contributed by atoms with E-state index < -0.39 is 5.97 Å². The van der Waals surface area contributed by atoms with Gasteiger partial charge in [-0.3, -0.25) is 4.79 Å². The third-order valence-corrected chi connectivity index (χ3v) is 4.49. The van der Waals surface area contributed by atoms with E-state index in [1.165, 1.54) is 0 Å². The number of rotatable bonds is 2. The fourth-order valence-electron chi connectivity index (χ4n) is 2.98. The second-order valence-electron chi connectivity index (χ2n) is 6.21. The van der Waals surface area contributed by atoms with Crippen molar-refractivity contribution in [2.24, 2.45) is 5.92 Å². The Kier molecular flexibility index (Phi) is 4.52. The van der Waals surface area contributed by atoms with Crippen molar-refractivity contribution >= 4 is 12.0 Å². The molecule has 20 heavy (non-hydrogen) atoms. The molecule has 2 N–H and O–H groups in total. The van der Waals surface area contributed by atoms with Crippen LogP contribution >= 0.6 is 0 Å². The summed E-state index contributed by atoms with van der Waals surface area (Å²) < 4.78 is 5.32. The van der Waals surface area contributed by atoms with E-state index in [1.54, 1.807) is 4.90 Å². The number of aliphatic carboxylic acids is 1. The number of carboxylic acids is 1. The van der Waals surface area contributed by atoms with E-state index in [2.05, 4.69) is 5.32 Å². The van der Waals surface area contributed by atoms with Gasteiger partial charge >= 0.3 is 12.0 Å². The predicted octanol–water partition coefficient (Wildman–Crippen LogP) is 1.45. The quantitative estimate of drug-likeness (QED) is 0.804. The lowest BCUT2D eigenvalue weighted by molar-refractivity contribution is -0.143. The van der Waals surface area contributed by atoms with E-state index >= 15 is 0 Å². The Hall–Kier alpha value is -1.30. The molecule has 0 aromatic heterocycles. The van der Waals surface area contributed by atoms with Crippen molar-refractivity contribution in [1.29, 1.82) is 0 Å². The summed E-state index contributed by atoms with van der Waals surface area (Å²) in [6, 6.07) is -0.112. The van der Waals surface area contributed by atoms with Crippen LogP contribution < -0.4 is 5.32 Å². The van der Waals surface area contributed by atoms with Gasteiger partial charge in [0, 0.05) is 31.3 Å². The van der Waals surface area contributed by atoms with E-state index in [9.17, 15) is 9.59 Å². The first-order valence-corrected chi connectivity index (χ1v) is 7.31. The molecule has 0 radical (unpaired) electrons. The molecule has 2 heterocycles. The van der Waals surface area contributed by atoms with Crippen molar-refractivity contribution in [2.45, 2.75) is 51.1 Å². The maximum atomic E-state index is 12.4. The van der Waals surface area contributed by atoms with Crippen LogP contribution in [0.5, 0.6) is 0 Å². The first-order valence-electron chi connectivity index (χ1n) is 7.31. The minimum atomic E-state index is -0.756. The SMILES string of the molecule is CC1CC(C(=O)O)CCN1C(=O)NC1(C)CCOCC1. The Labute approximate surface area is 119 Å². The monoisotopic (exact) mass is 284 g/mol. The van der Waals surface area contributed by atoms with Crippen molar-refractivity contribution in [3.8, 4) is 0 Å². The molecule has 2 fully saturated rings. The van der Waals surface area contributed by atoms with Gasteiger partial charge in [-0.25, -0.2) is 4.79 Å². The summed E-state index contributed by atoms with van der Waals surface area (Å²) in [5, 5.41) is 12.1. The average Bonchev–Trinajstić information content (AvgIpc) is 2.38. The molecule has 2 aliphatic rings. The summed E-state index contributed by atoms with van der Waals surface area (Å²) in [6.45, 7) is 5.82. The predicted molar refractivity (Wildman–Crippen MR) is 73.5 cm³/mol. The van der Waals surface area contributed by atoms with Gasteiger partial charge in [0.05, 0.1) is 5.92 Å². The largest absolute Gasteiger partial charge is 0.481 e. The van der Waals surface area contributed by atoms with E-state index in [-0.39, 0.29) is 23.5 Å². The van der Waals surface area contributed by atoms with Gasteiger partial charge in [0.25, 0.3) is 0 Å².